The predicted octanol–water partition coefficient (Wildman–Crippen LogP) is 3.01. The number of nitrogens with one attached hydrogen (secondary N) is 1. The number of hydrogen-bond donors (Lipinski definition) is 2. The highest BCUT2D eigenvalue weighted by atomic mass is 16.5. The molecular weight excluding hydrogens is 470 g/mol. The summed E-state index contributed by atoms with van der Waals surface area (Å²) in [5, 5.41) is 7.51. The van der Waals surface area contributed by atoms with Crippen LogP contribution in [-0.2, 0) is 0 Å². The number of ether oxygens (including phenoxy) is 1. The molecule has 0 radical (unpaired) electrons. The molecule has 10 nitrogen and oxygen atoms in total. The third-order valence-corrected chi connectivity index (χ3v) is 7.20. The van der Waals surface area contributed by atoms with Gasteiger partial charge in [0.2, 0.25) is 0 Å². The van der Waals surface area contributed by atoms with Crippen molar-refractivity contribution in [3.63, 3.8) is 0 Å². The molecule has 3 aliphatic rings. The van der Waals surface area contributed by atoms with Gasteiger partial charge in [0.25, 0.3) is 11.8 Å². The maximum atomic E-state index is 12.8. The number of imide groups is 1. The third kappa shape index (κ3) is 3.45. The van der Waals surface area contributed by atoms with Crippen molar-refractivity contribution in [1.82, 2.24) is 24.6 Å². The summed E-state index contributed by atoms with van der Waals surface area (Å²) < 4.78 is 7.69. The average molecular weight is 494 g/mol. The first-order valence-electron chi connectivity index (χ1n) is 12.1. The number of pyridine rings is 1. The van der Waals surface area contributed by atoms with Crippen LogP contribution in [0.2, 0.25) is 0 Å². The minimum atomic E-state index is -0.200. The molecule has 0 aliphatic carbocycles. The standard InChI is InChI=1S/C27H23N7O3/c28-21-8-9-24(33-11-3-10-29-33)31-25(21)30-16-6-7-20-22(15-37-23(20)12-16)32-13-17(14-32)34-26(35)18-4-1-2-5-19(18)27(34)36/h1-12,17,22H,13-15,28H2,(H,30,31). The van der Waals surface area contributed by atoms with E-state index in [9.17, 15) is 9.59 Å². The van der Waals surface area contributed by atoms with Crippen molar-refractivity contribution in [2.24, 2.45) is 0 Å². The summed E-state index contributed by atoms with van der Waals surface area (Å²) in [6.07, 6.45) is 3.51. The van der Waals surface area contributed by atoms with Gasteiger partial charge in [-0.1, -0.05) is 18.2 Å². The van der Waals surface area contributed by atoms with Gasteiger partial charge in [0, 0.05) is 42.8 Å². The van der Waals surface area contributed by atoms with Crippen LogP contribution in [0, 0.1) is 0 Å². The molecule has 10 heteroatoms. The number of rotatable bonds is 5. The number of nitrogen functional groups attached to an aromatic ring is 1. The number of likely N-dealkylation sites (tertiary alicyclic amines) is 1. The van der Waals surface area contributed by atoms with Gasteiger partial charge in [-0.05, 0) is 36.4 Å². The fourth-order valence-corrected chi connectivity index (χ4v) is 5.25. The Labute approximate surface area is 212 Å². The number of nitrogens with zero attached hydrogens (tertiary/aromatic N) is 5. The maximum absolute atomic E-state index is 12.8. The molecule has 4 aromatic rings. The van der Waals surface area contributed by atoms with E-state index in [1.54, 1.807) is 41.2 Å². The minimum Gasteiger partial charge on any atom is -0.491 e. The highest BCUT2D eigenvalue weighted by Gasteiger charge is 2.47. The molecule has 1 fully saturated rings. The van der Waals surface area contributed by atoms with Crippen molar-refractivity contribution in [3.05, 3.63) is 89.7 Å². The van der Waals surface area contributed by atoms with Crippen molar-refractivity contribution < 1.29 is 14.3 Å². The molecule has 2 aromatic carbocycles. The second kappa shape index (κ2) is 8.17. The van der Waals surface area contributed by atoms with Crippen LogP contribution in [0.4, 0.5) is 17.2 Å². The molecule has 0 bridgehead atoms. The third-order valence-electron chi connectivity index (χ3n) is 7.20. The van der Waals surface area contributed by atoms with E-state index in [-0.39, 0.29) is 23.9 Å². The molecular formula is C27H23N7O3. The van der Waals surface area contributed by atoms with E-state index >= 15 is 0 Å². The number of benzene rings is 2. The topological polar surface area (TPSA) is 119 Å². The second-order valence-electron chi connectivity index (χ2n) is 9.40. The van der Waals surface area contributed by atoms with Crippen LogP contribution in [0.3, 0.4) is 0 Å². The predicted molar refractivity (Wildman–Crippen MR) is 136 cm³/mol. The SMILES string of the molecule is Nc1ccc(-n2cccn2)nc1Nc1ccc2c(c1)OCC2N1CC(N2C(=O)c3ccccc3C2=O)C1. The van der Waals surface area contributed by atoms with Gasteiger partial charge in [-0.25, -0.2) is 9.67 Å². The first-order chi connectivity index (χ1) is 18.1. The van der Waals surface area contributed by atoms with E-state index in [4.69, 9.17) is 10.5 Å². The lowest BCUT2D eigenvalue weighted by molar-refractivity contribution is 0.00764. The molecule has 3 N–H and O–H groups in total. The number of nitrogens with two attached hydrogens (primary N) is 1. The van der Waals surface area contributed by atoms with Gasteiger partial charge in [-0.3, -0.25) is 19.4 Å². The van der Waals surface area contributed by atoms with Gasteiger partial charge in [0.15, 0.2) is 11.6 Å². The van der Waals surface area contributed by atoms with Gasteiger partial charge in [0.05, 0.1) is 28.9 Å². The molecule has 7 rings (SSSR count). The molecule has 5 heterocycles. The first-order valence-corrected chi connectivity index (χ1v) is 12.1. The highest BCUT2D eigenvalue weighted by Crippen LogP contribution is 2.41. The summed E-state index contributed by atoms with van der Waals surface area (Å²) in [5.74, 6) is 1.58. The van der Waals surface area contributed by atoms with E-state index in [0.717, 1.165) is 17.0 Å². The van der Waals surface area contributed by atoms with Crippen molar-refractivity contribution in [1.29, 1.82) is 0 Å². The monoisotopic (exact) mass is 493 g/mol. The number of aromatic nitrogens is 3. The highest BCUT2D eigenvalue weighted by molar-refractivity contribution is 6.21. The molecule has 184 valence electrons. The van der Waals surface area contributed by atoms with E-state index in [1.165, 1.54) is 4.90 Å². The zero-order valence-electron chi connectivity index (χ0n) is 19.7. The number of carbonyl (C=O) groups excluding carboxylic acids is 2. The van der Waals surface area contributed by atoms with Gasteiger partial charge in [-0.2, -0.15) is 5.10 Å². The van der Waals surface area contributed by atoms with Crippen LogP contribution in [-0.4, -0.2) is 62.1 Å². The van der Waals surface area contributed by atoms with Crippen LogP contribution in [0.15, 0.2) is 73.1 Å². The Kier molecular flexibility index (Phi) is 4.76. The fourth-order valence-electron chi connectivity index (χ4n) is 5.25. The van der Waals surface area contributed by atoms with Crippen LogP contribution in [0.25, 0.3) is 5.82 Å². The van der Waals surface area contributed by atoms with Crippen molar-refractivity contribution >= 4 is 29.0 Å². The quantitative estimate of drug-likeness (QED) is 0.408. The number of carbonyl (C=O) groups is 2. The first kappa shape index (κ1) is 21.6. The van der Waals surface area contributed by atoms with E-state index in [2.05, 4.69) is 20.3 Å². The minimum absolute atomic E-state index is 0.0711. The summed E-state index contributed by atoms with van der Waals surface area (Å²) in [6.45, 7) is 1.77. The zero-order valence-corrected chi connectivity index (χ0v) is 19.7. The Bertz CT molecular complexity index is 1510. The number of anilines is 3. The summed E-state index contributed by atoms with van der Waals surface area (Å²) in [7, 11) is 0. The fraction of sp³-hybridized carbons (Fsp3) is 0.185. The smallest absolute Gasteiger partial charge is 0.261 e. The number of amides is 2. The molecule has 1 unspecified atom stereocenters. The van der Waals surface area contributed by atoms with Gasteiger partial charge in [-0.15, -0.1) is 0 Å². The maximum Gasteiger partial charge on any atom is 0.261 e. The number of fused-ring (bicyclic) bond motifs is 2. The molecule has 1 atom stereocenters. The largest absolute Gasteiger partial charge is 0.491 e. The van der Waals surface area contributed by atoms with E-state index in [0.29, 0.717) is 48.1 Å². The van der Waals surface area contributed by atoms with Crippen molar-refractivity contribution in [3.8, 4) is 11.6 Å². The van der Waals surface area contributed by atoms with E-state index < -0.39 is 0 Å². The van der Waals surface area contributed by atoms with Gasteiger partial charge in [0.1, 0.15) is 12.4 Å². The molecule has 3 aliphatic heterocycles. The van der Waals surface area contributed by atoms with Crippen molar-refractivity contribution in [2.45, 2.75) is 12.1 Å². The lowest BCUT2D eigenvalue weighted by atomic mass is 9.99. The Hall–Kier alpha value is -4.70. The van der Waals surface area contributed by atoms with Crippen LogP contribution in [0.1, 0.15) is 32.3 Å². The molecule has 2 aromatic heterocycles. The molecule has 37 heavy (non-hydrogen) atoms. The Balaban J connectivity index is 1.05. The van der Waals surface area contributed by atoms with Gasteiger partial charge < -0.3 is 15.8 Å². The molecule has 0 spiro atoms. The molecule has 1 saturated heterocycles. The van der Waals surface area contributed by atoms with Crippen LogP contribution < -0.4 is 15.8 Å². The van der Waals surface area contributed by atoms with Crippen molar-refractivity contribution in [2.75, 3.05) is 30.7 Å². The van der Waals surface area contributed by atoms with Gasteiger partial charge >= 0.3 is 0 Å². The van der Waals surface area contributed by atoms with E-state index in [1.807, 2.05) is 36.5 Å². The Morgan fingerprint density at radius 1 is 0.973 bits per heavy atom. The lowest BCUT2D eigenvalue weighted by Crippen LogP contribution is -2.61. The average Bonchev–Trinajstić information content (AvgIpc) is 3.61. The summed E-state index contributed by atoms with van der Waals surface area (Å²) in [6, 6.07) is 18.3. The lowest BCUT2D eigenvalue weighted by Gasteiger charge is -2.45. The molecule has 2 amide bonds. The summed E-state index contributed by atoms with van der Waals surface area (Å²) >= 11 is 0. The Morgan fingerprint density at radius 3 is 2.49 bits per heavy atom. The molecule has 0 saturated carbocycles. The Morgan fingerprint density at radius 2 is 1.76 bits per heavy atom. The van der Waals surface area contributed by atoms with Crippen LogP contribution >= 0.6 is 0 Å². The zero-order chi connectivity index (χ0) is 25.1. The second-order valence-corrected chi connectivity index (χ2v) is 9.40. The normalized spacial score (nSPS) is 18.9. The summed E-state index contributed by atoms with van der Waals surface area (Å²) in [4.78, 5) is 33.9. The van der Waals surface area contributed by atoms with Crippen LogP contribution in [0.5, 0.6) is 5.75 Å². The summed E-state index contributed by atoms with van der Waals surface area (Å²) in [5.41, 5.74) is 9.55. The number of hydrogen-bond acceptors (Lipinski definition) is 8.